The summed E-state index contributed by atoms with van der Waals surface area (Å²) in [5, 5.41) is 14.1. The van der Waals surface area contributed by atoms with Gasteiger partial charge in [0, 0.05) is 11.8 Å². The molecule has 1 unspecified atom stereocenters. The minimum Gasteiger partial charge on any atom is -0.473 e. The summed E-state index contributed by atoms with van der Waals surface area (Å²) >= 11 is 0. The highest BCUT2D eigenvalue weighted by atomic mass is 16.6. The number of aromatic nitrogens is 1. The van der Waals surface area contributed by atoms with Gasteiger partial charge in [-0.1, -0.05) is 0 Å². The van der Waals surface area contributed by atoms with Gasteiger partial charge in [-0.3, -0.25) is 10.1 Å². The molecule has 0 amide bonds. The van der Waals surface area contributed by atoms with Crippen LogP contribution in [0.1, 0.15) is 18.5 Å². The first-order chi connectivity index (χ1) is 8.66. The molecule has 18 heavy (non-hydrogen) atoms. The van der Waals surface area contributed by atoms with E-state index in [1.165, 1.54) is 6.07 Å². The van der Waals surface area contributed by atoms with Crippen LogP contribution in [0, 0.1) is 23.0 Å². The highest BCUT2D eigenvalue weighted by molar-refractivity contribution is 5.41. The number of hydrogen-bond donors (Lipinski definition) is 1. The van der Waals surface area contributed by atoms with Gasteiger partial charge >= 0.3 is 5.69 Å². The SMILES string of the molecule is Cc1ccc([N+](=O)[O-])c(OCCC2CCNC2)n1. The third-order valence-electron chi connectivity index (χ3n) is 3.10. The first kappa shape index (κ1) is 12.8. The molecule has 1 aliphatic rings. The van der Waals surface area contributed by atoms with Crippen molar-refractivity contribution in [1.82, 2.24) is 10.3 Å². The maximum absolute atomic E-state index is 10.8. The van der Waals surface area contributed by atoms with E-state index in [0.717, 1.165) is 31.6 Å². The second kappa shape index (κ2) is 5.77. The van der Waals surface area contributed by atoms with Gasteiger partial charge in [-0.25, -0.2) is 4.98 Å². The Hall–Kier alpha value is -1.69. The molecule has 1 saturated heterocycles. The van der Waals surface area contributed by atoms with Crippen LogP contribution in [0.2, 0.25) is 0 Å². The largest absolute Gasteiger partial charge is 0.473 e. The Bertz CT molecular complexity index is 431. The van der Waals surface area contributed by atoms with Crippen molar-refractivity contribution < 1.29 is 9.66 Å². The van der Waals surface area contributed by atoms with Crippen LogP contribution in [-0.2, 0) is 0 Å². The van der Waals surface area contributed by atoms with Gasteiger partial charge in [-0.05, 0) is 44.8 Å². The van der Waals surface area contributed by atoms with Crippen LogP contribution in [0.25, 0.3) is 0 Å². The molecule has 1 aromatic rings. The van der Waals surface area contributed by atoms with Gasteiger partial charge in [-0.2, -0.15) is 0 Å². The molecule has 0 saturated carbocycles. The molecule has 2 rings (SSSR count). The molecule has 98 valence electrons. The standard InChI is InChI=1S/C12H17N3O3/c1-9-2-3-11(15(16)17)12(14-9)18-7-5-10-4-6-13-8-10/h2-3,10,13H,4-8H2,1H3. The van der Waals surface area contributed by atoms with E-state index in [0.29, 0.717) is 12.5 Å². The monoisotopic (exact) mass is 251 g/mol. The molecule has 1 aliphatic heterocycles. The fraction of sp³-hybridized carbons (Fsp3) is 0.583. The van der Waals surface area contributed by atoms with Gasteiger partial charge in [0.1, 0.15) is 0 Å². The molecule has 1 atom stereocenters. The summed E-state index contributed by atoms with van der Waals surface area (Å²) in [7, 11) is 0. The number of nitrogens with zero attached hydrogens (tertiary/aromatic N) is 2. The third-order valence-corrected chi connectivity index (χ3v) is 3.10. The zero-order chi connectivity index (χ0) is 13.0. The average Bonchev–Trinajstić information content (AvgIpc) is 2.82. The van der Waals surface area contributed by atoms with Crippen LogP contribution in [0.15, 0.2) is 12.1 Å². The second-order valence-corrected chi connectivity index (χ2v) is 4.53. The van der Waals surface area contributed by atoms with E-state index in [1.807, 2.05) is 0 Å². The van der Waals surface area contributed by atoms with Gasteiger partial charge in [0.15, 0.2) is 0 Å². The molecule has 0 aliphatic carbocycles. The maximum Gasteiger partial charge on any atom is 0.330 e. The molecule has 6 nitrogen and oxygen atoms in total. The fourth-order valence-corrected chi connectivity index (χ4v) is 2.05. The van der Waals surface area contributed by atoms with E-state index < -0.39 is 4.92 Å². The Balaban J connectivity index is 1.94. The normalized spacial score (nSPS) is 18.8. The summed E-state index contributed by atoms with van der Waals surface area (Å²) in [6.07, 6.45) is 2.05. The van der Waals surface area contributed by atoms with Crippen molar-refractivity contribution >= 4 is 5.69 Å². The Morgan fingerprint density at radius 3 is 3.11 bits per heavy atom. The number of hydrogen-bond acceptors (Lipinski definition) is 5. The maximum atomic E-state index is 10.8. The summed E-state index contributed by atoms with van der Waals surface area (Å²) in [5.74, 6) is 0.736. The van der Waals surface area contributed by atoms with E-state index in [4.69, 9.17) is 4.74 Å². The summed E-state index contributed by atoms with van der Waals surface area (Å²) in [4.78, 5) is 14.4. The predicted octanol–water partition coefficient (Wildman–Crippen LogP) is 1.68. The van der Waals surface area contributed by atoms with E-state index in [-0.39, 0.29) is 11.6 Å². The second-order valence-electron chi connectivity index (χ2n) is 4.53. The summed E-state index contributed by atoms with van der Waals surface area (Å²) in [6, 6.07) is 3.06. The van der Waals surface area contributed by atoms with Crippen LogP contribution < -0.4 is 10.1 Å². The van der Waals surface area contributed by atoms with Gasteiger partial charge in [0.05, 0.1) is 11.5 Å². The molecule has 2 heterocycles. The Morgan fingerprint density at radius 2 is 2.44 bits per heavy atom. The Kier molecular flexibility index (Phi) is 4.09. The van der Waals surface area contributed by atoms with Crippen LogP contribution in [0.5, 0.6) is 5.88 Å². The predicted molar refractivity (Wildman–Crippen MR) is 66.7 cm³/mol. The number of aryl methyl sites for hydroxylation is 1. The Labute approximate surface area is 106 Å². The van der Waals surface area contributed by atoms with E-state index in [9.17, 15) is 10.1 Å². The van der Waals surface area contributed by atoms with Crippen LogP contribution in [0.3, 0.4) is 0 Å². The van der Waals surface area contributed by atoms with Crippen molar-refractivity contribution in [2.75, 3.05) is 19.7 Å². The van der Waals surface area contributed by atoms with E-state index in [2.05, 4.69) is 10.3 Å². The number of nitrogens with one attached hydrogen (secondary N) is 1. The zero-order valence-corrected chi connectivity index (χ0v) is 10.4. The number of nitro groups is 1. The summed E-state index contributed by atoms with van der Waals surface area (Å²) in [5.41, 5.74) is 0.656. The van der Waals surface area contributed by atoms with Crippen molar-refractivity contribution in [2.45, 2.75) is 19.8 Å². The lowest BCUT2D eigenvalue weighted by molar-refractivity contribution is -0.386. The highest BCUT2D eigenvalue weighted by Gasteiger charge is 2.18. The lowest BCUT2D eigenvalue weighted by Gasteiger charge is -2.09. The first-order valence-electron chi connectivity index (χ1n) is 6.12. The quantitative estimate of drug-likeness (QED) is 0.636. The third kappa shape index (κ3) is 3.16. The van der Waals surface area contributed by atoms with Gasteiger partial charge in [0.2, 0.25) is 0 Å². The topological polar surface area (TPSA) is 77.3 Å². The van der Waals surface area contributed by atoms with Crippen LogP contribution in [-0.4, -0.2) is 29.6 Å². The fourth-order valence-electron chi connectivity index (χ4n) is 2.05. The molecule has 6 heteroatoms. The molecule has 1 N–H and O–H groups in total. The molecule has 0 aromatic carbocycles. The number of rotatable bonds is 5. The molecule has 0 spiro atoms. The van der Waals surface area contributed by atoms with E-state index in [1.54, 1.807) is 13.0 Å². The number of ether oxygens (including phenoxy) is 1. The minimum atomic E-state index is -0.459. The molecule has 1 aromatic heterocycles. The highest BCUT2D eigenvalue weighted by Crippen LogP contribution is 2.25. The minimum absolute atomic E-state index is 0.0647. The summed E-state index contributed by atoms with van der Waals surface area (Å²) < 4.78 is 5.46. The first-order valence-corrected chi connectivity index (χ1v) is 6.12. The van der Waals surface area contributed by atoms with Gasteiger partial charge < -0.3 is 10.1 Å². The average molecular weight is 251 g/mol. The molecule has 1 fully saturated rings. The molecular formula is C12H17N3O3. The van der Waals surface area contributed by atoms with Gasteiger partial charge in [0.25, 0.3) is 5.88 Å². The smallest absolute Gasteiger partial charge is 0.330 e. The molecule has 0 bridgehead atoms. The van der Waals surface area contributed by atoms with Crippen molar-refractivity contribution in [3.63, 3.8) is 0 Å². The zero-order valence-electron chi connectivity index (χ0n) is 10.4. The van der Waals surface area contributed by atoms with Crippen molar-refractivity contribution in [2.24, 2.45) is 5.92 Å². The molecule has 0 radical (unpaired) electrons. The van der Waals surface area contributed by atoms with Crippen LogP contribution in [0.4, 0.5) is 5.69 Å². The van der Waals surface area contributed by atoms with Crippen molar-refractivity contribution in [1.29, 1.82) is 0 Å². The lowest BCUT2D eigenvalue weighted by atomic mass is 10.1. The Morgan fingerprint density at radius 1 is 1.61 bits per heavy atom. The lowest BCUT2D eigenvalue weighted by Crippen LogP contribution is -2.12. The molecular weight excluding hydrogens is 234 g/mol. The summed E-state index contributed by atoms with van der Waals surface area (Å²) in [6.45, 7) is 4.32. The van der Waals surface area contributed by atoms with Crippen molar-refractivity contribution in [3.05, 3.63) is 27.9 Å². The van der Waals surface area contributed by atoms with Crippen LogP contribution >= 0.6 is 0 Å². The van der Waals surface area contributed by atoms with Crippen molar-refractivity contribution in [3.8, 4) is 5.88 Å². The van der Waals surface area contributed by atoms with E-state index >= 15 is 0 Å². The van der Waals surface area contributed by atoms with Gasteiger partial charge in [-0.15, -0.1) is 0 Å². The number of pyridine rings is 1.